The molecule has 2 aromatic rings. The number of hydrogen-bond donors (Lipinski definition) is 0. The van der Waals surface area contributed by atoms with Gasteiger partial charge in [-0.15, -0.1) is 0 Å². The maximum atomic E-state index is 5.05. The Morgan fingerprint density at radius 1 is 1.08 bits per heavy atom. The molecule has 0 aliphatic carbocycles. The van der Waals surface area contributed by atoms with Gasteiger partial charge in [-0.3, -0.25) is 5.01 Å². The molecule has 0 radical (unpaired) electrons. The van der Waals surface area contributed by atoms with Crippen LogP contribution in [0.1, 0.15) is 38.3 Å². The summed E-state index contributed by atoms with van der Waals surface area (Å²) in [5.41, 5.74) is 7.65. The Balaban J connectivity index is 1.77. The highest BCUT2D eigenvalue weighted by Gasteiger charge is 2.48. The topological polar surface area (TPSA) is 18.6 Å². The second-order valence-electron chi connectivity index (χ2n) is 7.83. The molecule has 25 heavy (non-hydrogen) atoms. The van der Waals surface area contributed by atoms with E-state index in [1.165, 1.54) is 33.9 Å². The van der Waals surface area contributed by atoms with Crippen LogP contribution in [0.5, 0.6) is 0 Å². The van der Waals surface area contributed by atoms with Crippen molar-refractivity contribution < 1.29 is 4.58 Å². The van der Waals surface area contributed by atoms with E-state index in [9.17, 15) is 0 Å². The number of anilines is 1. The van der Waals surface area contributed by atoms with E-state index >= 15 is 0 Å². The van der Waals surface area contributed by atoms with Crippen molar-refractivity contribution in [2.75, 3.05) is 12.1 Å². The summed E-state index contributed by atoms with van der Waals surface area (Å²) < 4.78 is 2.33. The molecule has 0 spiro atoms. The summed E-state index contributed by atoms with van der Waals surface area (Å²) in [7, 11) is 2.17. The third kappa shape index (κ3) is 2.41. The van der Waals surface area contributed by atoms with Gasteiger partial charge in [-0.2, -0.15) is 9.68 Å². The molecule has 0 fully saturated rings. The van der Waals surface area contributed by atoms with Gasteiger partial charge in [0, 0.05) is 18.1 Å². The van der Waals surface area contributed by atoms with Crippen molar-refractivity contribution in [2.45, 2.75) is 45.6 Å². The van der Waals surface area contributed by atoms with Crippen molar-refractivity contribution in [3.63, 3.8) is 0 Å². The normalized spacial score (nSPS) is 21.6. The summed E-state index contributed by atoms with van der Waals surface area (Å²) in [6.45, 7) is 9.00. The summed E-state index contributed by atoms with van der Waals surface area (Å²) in [4.78, 5) is 0. The standard InChI is InChI=1S/C22H26N3/c1-15-10-12-17(13-11-15)25-16(2)14-19(23-25)21-22(3,4)18-8-6-7-9-20(18)24(21)5/h6-13,16H,14H2,1-5H3/q+1. The average molecular weight is 332 g/mol. The van der Waals surface area contributed by atoms with Crippen LogP contribution >= 0.6 is 0 Å². The molecule has 0 saturated carbocycles. The summed E-state index contributed by atoms with van der Waals surface area (Å²) in [6, 6.07) is 17.7. The van der Waals surface area contributed by atoms with E-state index in [0.29, 0.717) is 6.04 Å². The van der Waals surface area contributed by atoms with Gasteiger partial charge in [0.2, 0.25) is 11.4 Å². The van der Waals surface area contributed by atoms with Gasteiger partial charge in [-0.1, -0.05) is 35.9 Å². The SMILES string of the molecule is Cc1ccc(N2N=C(C3=[N+](C)c4ccccc4C3(C)C)CC2C)cc1. The van der Waals surface area contributed by atoms with Gasteiger partial charge in [-0.25, -0.2) is 0 Å². The molecular formula is C22H26N3+. The fourth-order valence-electron chi connectivity index (χ4n) is 4.31. The van der Waals surface area contributed by atoms with E-state index < -0.39 is 0 Å². The minimum atomic E-state index is -0.0207. The number of aryl methyl sites for hydroxylation is 1. The Morgan fingerprint density at radius 2 is 1.76 bits per heavy atom. The highest BCUT2D eigenvalue weighted by atomic mass is 15.5. The first kappa shape index (κ1) is 16.1. The van der Waals surface area contributed by atoms with Crippen molar-refractivity contribution in [3.05, 3.63) is 59.7 Å². The molecule has 0 aromatic heterocycles. The Morgan fingerprint density at radius 3 is 2.44 bits per heavy atom. The number of benzene rings is 2. The largest absolute Gasteiger partial charge is 0.262 e. The number of nitrogens with zero attached hydrogens (tertiary/aromatic N) is 3. The van der Waals surface area contributed by atoms with Crippen LogP contribution < -0.4 is 5.01 Å². The molecule has 0 saturated heterocycles. The third-order valence-corrected chi connectivity index (χ3v) is 5.57. The van der Waals surface area contributed by atoms with Crippen LogP contribution in [0.2, 0.25) is 0 Å². The van der Waals surface area contributed by atoms with Crippen LogP contribution in [-0.2, 0) is 5.41 Å². The minimum Gasteiger partial charge on any atom is -0.262 e. The van der Waals surface area contributed by atoms with Gasteiger partial charge in [0.05, 0.1) is 17.1 Å². The molecule has 0 bridgehead atoms. The van der Waals surface area contributed by atoms with Gasteiger partial charge >= 0.3 is 0 Å². The first-order valence-electron chi connectivity index (χ1n) is 9.04. The minimum absolute atomic E-state index is 0.0207. The average Bonchev–Trinajstić information content (AvgIpc) is 3.05. The van der Waals surface area contributed by atoms with E-state index in [1.807, 2.05) is 0 Å². The van der Waals surface area contributed by atoms with Crippen LogP contribution in [0.25, 0.3) is 0 Å². The lowest BCUT2D eigenvalue weighted by Gasteiger charge is -2.19. The Kier molecular flexibility index (Phi) is 3.57. The zero-order valence-electron chi connectivity index (χ0n) is 15.7. The van der Waals surface area contributed by atoms with Gasteiger partial charge < -0.3 is 0 Å². The van der Waals surface area contributed by atoms with E-state index in [-0.39, 0.29) is 5.41 Å². The molecule has 3 heteroatoms. The zero-order valence-corrected chi connectivity index (χ0v) is 15.7. The number of para-hydroxylation sites is 1. The van der Waals surface area contributed by atoms with E-state index in [1.54, 1.807) is 0 Å². The maximum absolute atomic E-state index is 5.05. The van der Waals surface area contributed by atoms with Gasteiger partial charge in [0.1, 0.15) is 12.8 Å². The Hall–Kier alpha value is -2.42. The van der Waals surface area contributed by atoms with Crippen molar-refractivity contribution in [3.8, 4) is 0 Å². The van der Waals surface area contributed by atoms with Crippen molar-refractivity contribution in [1.82, 2.24) is 0 Å². The van der Waals surface area contributed by atoms with Gasteiger partial charge in [0.25, 0.3) is 0 Å². The number of rotatable bonds is 2. The lowest BCUT2D eigenvalue weighted by molar-refractivity contribution is -0.400. The molecule has 0 amide bonds. The smallest absolute Gasteiger partial charge is 0.215 e. The Bertz CT molecular complexity index is 888. The number of hydrazone groups is 1. The quantitative estimate of drug-likeness (QED) is 0.732. The lowest BCUT2D eigenvalue weighted by Crippen LogP contribution is -2.35. The van der Waals surface area contributed by atoms with Crippen LogP contribution in [0.3, 0.4) is 0 Å². The van der Waals surface area contributed by atoms with Crippen molar-refractivity contribution in [1.29, 1.82) is 0 Å². The highest BCUT2D eigenvalue weighted by molar-refractivity contribution is 6.45. The van der Waals surface area contributed by atoms with Crippen molar-refractivity contribution >= 4 is 22.8 Å². The summed E-state index contributed by atoms with van der Waals surface area (Å²) in [5.74, 6) is 0. The summed E-state index contributed by atoms with van der Waals surface area (Å²) in [6.07, 6.45) is 0.977. The molecule has 2 aliphatic rings. The fraction of sp³-hybridized carbons (Fsp3) is 0.364. The second kappa shape index (κ2) is 5.55. The molecule has 128 valence electrons. The molecule has 2 aliphatic heterocycles. The summed E-state index contributed by atoms with van der Waals surface area (Å²) in [5, 5.41) is 7.23. The van der Waals surface area contributed by atoms with Crippen LogP contribution in [0, 0.1) is 6.92 Å². The lowest BCUT2D eigenvalue weighted by atomic mass is 9.79. The summed E-state index contributed by atoms with van der Waals surface area (Å²) >= 11 is 0. The molecule has 1 unspecified atom stereocenters. The van der Waals surface area contributed by atoms with E-state index in [2.05, 4.69) is 92.9 Å². The van der Waals surface area contributed by atoms with E-state index in [4.69, 9.17) is 5.10 Å². The maximum Gasteiger partial charge on any atom is 0.215 e. The first-order valence-corrected chi connectivity index (χ1v) is 9.04. The molecule has 3 nitrogen and oxygen atoms in total. The molecule has 4 rings (SSSR count). The number of hydrogen-bond acceptors (Lipinski definition) is 2. The molecule has 1 atom stereocenters. The Labute approximate surface area is 150 Å². The van der Waals surface area contributed by atoms with Gasteiger partial charge in [-0.05, 0) is 39.8 Å². The van der Waals surface area contributed by atoms with E-state index in [0.717, 1.165) is 6.42 Å². The second-order valence-corrected chi connectivity index (χ2v) is 7.83. The van der Waals surface area contributed by atoms with Crippen LogP contribution in [0.4, 0.5) is 11.4 Å². The molecule has 0 N–H and O–H groups in total. The molecular weight excluding hydrogens is 306 g/mol. The molecule has 2 heterocycles. The predicted octanol–water partition coefficient (Wildman–Crippen LogP) is 4.66. The van der Waals surface area contributed by atoms with Crippen LogP contribution in [0.15, 0.2) is 53.6 Å². The van der Waals surface area contributed by atoms with Crippen LogP contribution in [-0.4, -0.2) is 29.1 Å². The predicted molar refractivity (Wildman–Crippen MR) is 105 cm³/mol. The number of fused-ring (bicyclic) bond motifs is 1. The monoisotopic (exact) mass is 332 g/mol. The van der Waals surface area contributed by atoms with Crippen molar-refractivity contribution in [2.24, 2.45) is 5.10 Å². The van der Waals surface area contributed by atoms with Gasteiger partial charge in [0.15, 0.2) is 0 Å². The highest BCUT2D eigenvalue weighted by Crippen LogP contribution is 2.40. The first-order chi connectivity index (χ1) is 11.9. The molecule has 2 aromatic carbocycles. The fourth-order valence-corrected chi connectivity index (χ4v) is 4.31. The zero-order chi connectivity index (χ0) is 17.8. The third-order valence-electron chi connectivity index (χ3n) is 5.57.